The van der Waals surface area contributed by atoms with Crippen molar-refractivity contribution >= 4 is 44.5 Å². The number of thiophene rings is 2. The Morgan fingerprint density at radius 3 is 2.79 bits per heavy atom. The maximum atomic E-state index is 13.9. The summed E-state index contributed by atoms with van der Waals surface area (Å²) in [5, 5.41) is 4.92. The second-order valence-electron chi connectivity index (χ2n) is 6.45. The van der Waals surface area contributed by atoms with Gasteiger partial charge in [0.1, 0.15) is 17.2 Å². The Labute approximate surface area is 168 Å². The number of aryl methyl sites for hydroxylation is 2. The Hall–Kier alpha value is -2.84. The second-order valence-corrected chi connectivity index (χ2v) is 8.59. The second kappa shape index (κ2) is 7.29. The highest BCUT2D eigenvalue weighted by molar-refractivity contribution is 7.19. The number of benzene rings is 1. The van der Waals surface area contributed by atoms with Crippen LogP contribution >= 0.6 is 22.7 Å². The first-order chi connectivity index (χ1) is 13.4. The summed E-state index contributed by atoms with van der Waals surface area (Å²) in [6.07, 6.45) is 1.36. The lowest BCUT2D eigenvalue weighted by Crippen LogP contribution is -2.28. The Kier molecular flexibility index (Phi) is 4.82. The third kappa shape index (κ3) is 3.48. The smallest absolute Gasteiger partial charge is 0.263 e. The Morgan fingerprint density at radius 2 is 2.07 bits per heavy atom. The monoisotopic (exact) mass is 413 g/mol. The van der Waals surface area contributed by atoms with E-state index in [1.54, 1.807) is 24.3 Å². The zero-order valence-corrected chi connectivity index (χ0v) is 16.8. The molecule has 0 aliphatic heterocycles. The number of anilines is 1. The fourth-order valence-electron chi connectivity index (χ4n) is 2.91. The summed E-state index contributed by atoms with van der Waals surface area (Å²) in [7, 11) is 0. The average Bonchev–Trinajstić information content (AvgIpc) is 3.26. The van der Waals surface area contributed by atoms with Crippen molar-refractivity contribution < 1.29 is 9.18 Å². The fraction of sp³-hybridized carbons (Fsp3) is 0.150. The molecule has 0 aliphatic rings. The summed E-state index contributed by atoms with van der Waals surface area (Å²) in [5.41, 5.74) is 1.39. The molecule has 4 aromatic rings. The number of aromatic nitrogens is 2. The number of carbonyl (C=O) groups is 1. The van der Waals surface area contributed by atoms with Gasteiger partial charge in [0.2, 0.25) is 5.91 Å². The summed E-state index contributed by atoms with van der Waals surface area (Å²) >= 11 is 3.00. The minimum atomic E-state index is -0.512. The van der Waals surface area contributed by atoms with E-state index in [1.807, 2.05) is 24.4 Å². The first-order valence-electron chi connectivity index (χ1n) is 8.52. The number of nitrogens with zero attached hydrogens (tertiary/aromatic N) is 2. The molecule has 3 aromatic heterocycles. The third-order valence-corrected chi connectivity index (χ3v) is 6.20. The molecular formula is C20H16FN3O2S2. The van der Waals surface area contributed by atoms with Gasteiger partial charge in [0.15, 0.2) is 0 Å². The van der Waals surface area contributed by atoms with Crippen LogP contribution in [0.5, 0.6) is 0 Å². The molecule has 0 unspecified atom stereocenters. The van der Waals surface area contributed by atoms with Gasteiger partial charge in [-0.25, -0.2) is 9.37 Å². The van der Waals surface area contributed by atoms with Crippen LogP contribution in [0.2, 0.25) is 0 Å². The van der Waals surface area contributed by atoms with Crippen LogP contribution in [-0.2, 0) is 11.3 Å². The van der Waals surface area contributed by atoms with Gasteiger partial charge in [-0.1, -0.05) is 6.07 Å². The van der Waals surface area contributed by atoms with Crippen LogP contribution in [0.3, 0.4) is 0 Å². The first kappa shape index (κ1) is 18.5. The van der Waals surface area contributed by atoms with Crippen molar-refractivity contribution in [2.75, 3.05) is 5.32 Å². The molecule has 5 nitrogen and oxygen atoms in total. The van der Waals surface area contributed by atoms with E-state index in [-0.39, 0.29) is 17.8 Å². The van der Waals surface area contributed by atoms with Crippen LogP contribution in [0.15, 0.2) is 46.8 Å². The summed E-state index contributed by atoms with van der Waals surface area (Å²) in [4.78, 5) is 32.4. The lowest BCUT2D eigenvalue weighted by Gasteiger charge is -2.09. The van der Waals surface area contributed by atoms with Crippen molar-refractivity contribution in [3.8, 4) is 10.4 Å². The summed E-state index contributed by atoms with van der Waals surface area (Å²) in [6, 6.07) is 8.53. The number of carbonyl (C=O) groups excluding carboxylic acids is 1. The van der Waals surface area contributed by atoms with Crippen LogP contribution in [0, 0.1) is 19.7 Å². The average molecular weight is 413 g/mol. The zero-order valence-electron chi connectivity index (χ0n) is 15.2. The Balaban J connectivity index is 1.65. The van der Waals surface area contributed by atoms with Crippen LogP contribution < -0.4 is 10.9 Å². The van der Waals surface area contributed by atoms with Crippen LogP contribution in [0.4, 0.5) is 10.1 Å². The fourth-order valence-corrected chi connectivity index (χ4v) is 4.77. The maximum absolute atomic E-state index is 13.9. The number of hydrogen-bond acceptors (Lipinski definition) is 5. The van der Waals surface area contributed by atoms with E-state index in [2.05, 4.69) is 10.3 Å². The largest absolute Gasteiger partial charge is 0.322 e. The zero-order chi connectivity index (χ0) is 19.8. The minimum absolute atomic E-state index is 0.0861. The molecule has 3 heterocycles. The Morgan fingerprint density at radius 1 is 1.25 bits per heavy atom. The predicted octanol–water partition coefficient (Wildman–Crippen LogP) is 4.58. The van der Waals surface area contributed by atoms with Crippen LogP contribution in [0.1, 0.15) is 10.4 Å². The van der Waals surface area contributed by atoms with Gasteiger partial charge in [0.25, 0.3) is 5.56 Å². The summed E-state index contributed by atoms with van der Waals surface area (Å²) in [5.74, 6) is -1.00. The standard InChI is InChI=1S/C20H16FN3O2S2/c1-11-3-5-15(14(21)7-11)23-17(25)8-24-10-22-19-18(20(24)26)13(9-27-19)16-6-4-12(2)28-16/h3-7,9-10H,8H2,1-2H3,(H,23,25). The van der Waals surface area contributed by atoms with Crippen molar-refractivity contribution in [2.45, 2.75) is 20.4 Å². The predicted molar refractivity (Wildman–Crippen MR) is 112 cm³/mol. The molecule has 4 rings (SSSR count). The molecule has 0 spiro atoms. The van der Waals surface area contributed by atoms with Crippen molar-refractivity contribution in [1.29, 1.82) is 0 Å². The Bertz CT molecular complexity index is 1260. The molecule has 0 fully saturated rings. The summed E-state index contributed by atoms with van der Waals surface area (Å²) < 4.78 is 15.2. The molecule has 8 heteroatoms. The molecule has 28 heavy (non-hydrogen) atoms. The van der Waals surface area contributed by atoms with E-state index in [0.29, 0.717) is 10.2 Å². The van der Waals surface area contributed by atoms with E-state index in [0.717, 1.165) is 20.9 Å². The molecule has 0 aliphatic carbocycles. The van der Waals surface area contributed by atoms with Gasteiger partial charge >= 0.3 is 0 Å². The number of hydrogen-bond donors (Lipinski definition) is 1. The number of halogens is 1. The van der Waals surface area contributed by atoms with Gasteiger partial charge in [0, 0.05) is 20.7 Å². The number of rotatable bonds is 4. The number of amides is 1. The van der Waals surface area contributed by atoms with Gasteiger partial charge in [-0.05, 0) is 43.7 Å². The molecule has 0 atom stereocenters. The molecular weight excluding hydrogens is 397 g/mol. The van der Waals surface area contributed by atoms with Gasteiger partial charge in [-0.3, -0.25) is 14.2 Å². The van der Waals surface area contributed by atoms with Crippen molar-refractivity contribution in [1.82, 2.24) is 9.55 Å². The SMILES string of the molecule is Cc1ccc(NC(=O)Cn2cnc3scc(-c4ccc(C)s4)c3c2=O)c(F)c1. The highest BCUT2D eigenvalue weighted by Crippen LogP contribution is 2.34. The highest BCUT2D eigenvalue weighted by atomic mass is 32.1. The molecule has 0 radical (unpaired) electrons. The number of nitrogens with one attached hydrogen (secondary N) is 1. The topological polar surface area (TPSA) is 64.0 Å². The van der Waals surface area contributed by atoms with Gasteiger partial charge in [0.05, 0.1) is 17.4 Å². The molecule has 142 valence electrons. The van der Waals surface area contributed by atoms with Gasteiger partial charge in [-0.2, -0.15) is 0 Å². The van der Waals surface area contributed by atoms with Crippen molar-refractivity contribution in [3.05, 3.63) is 68.7 Å². The normalized spacial score (nSPS) is 11.1. The molecule has 1 aromatic carbocycles. The maximum Gasteiger partial charge on any atom is 0.263 e. The minimum Gasteiger partial charge on any atom is -0.322 e. The van der Waals surface area contributed by atoms with E-state index >= 15 is 0 Å². The first-order valence-corrected chi connectivity index (χ1v) is 10.2. The van der Waals surface area contributed by atoms with E-state index < -0.39 is 11.7 Å². The third-order valence-electron chi connectivity index (χ3n) is 4.28. The highest BCUT2D eigenvalue weighted by Gasteiger charge is 2.16. The molecule has 0 saturated carbocycles. The van der Waals surface area contributed by atoms with Gasteiger partial charge in [-0.15, -0.1) is 22.7 Å². The lowest BCUT2D eigenvalue weighted by atomic mass is 10.2. The van der Waals surface area contributed by atoms with E-state index in [1.165, 1.54) is 34.4 Å². The van der Waals surface area contributed by atoms with E-state index in [4.69, 9.17) is 0 Å². The van der Waals surface area contributed by atoms with E-state index in [9.17, 15) is 14.0 Å². The van der Waals surface area contributed by atoms with Crippen LogP contribution in [-0.4, -0.2) is 15.5 Å². The lowest BCUT2D eigenvalue weighted by molar-refractivity contribution is -0.116. The van der Waals surface area contributed by atoms with Crippen molar-refractivity contribution in [2.24, 2.45) is 0 Å². The molecule has 0 saturated heterocycles. The quantitative estimate of drug-likeness (QED) is 0.533. The number of fused-ring (bicyclic) bond motifs is 1. The van der Waals surface area contributed by atoms with Gasteiger partial charge < -0.3 is 5.32 Å². The molecule has 1 amide bonds. The molecule has 0 bridgehead atoms. The molecule has 1 N–H and O–H groups in total. The van der Waals surface area contributed by atoms with Crippen LogP contribution in [0.25, 0.3) is 20.7 Å². The summed E-state index contributed by atoms with van der Waals surface area (Å²) in [6.45, 7) is 3.53. The van der Waals surface area contributed by atoms with Crippen molar-refractivity contribution in [3.63, 3.8) is 0 Å².